The number of nitrogens with zero attached hydrogens (tertiary/aromatic N) is 5. The first-order valence-electron chi connectivity index (χ1n) is 7.16. The number of amides is 1. The number of nitrogens with two attached hydrogens (primary N) is 1. The highest BCUT2D eigenvalue weighted by molar-refractivity contribution is 5.74. The van der Waals surface area contributed by atoms with E-state index in [1.54, 1.807) is 4.90 Å². The van der Waals surface area contributed by atoms with Gasteiger partial charge in [0.1, 0.15) is 12.1 Å². The smallest absolute Gasteiger partial charge is 0.370 e. The van der Waals surface area contributed by atoms with Crippen molar-refractivity contribution in [3.8, 4) is 0 Å². The fourth-order valence-corrected chi connectivity index (χ4v) is 2.89. The third kappa shape index (κ3) is 3.20. The number of anilines is 1. The Kier molecular flexibility index (Phi) is 3.82. The van der Waals surface area contributed by atoms with Crippen molar-refractivity contribution in [3.05, 3.63) is 18.1 Å². The van der Waals surface area contributed by atoms with Gasteiger partial charge in [-0.1, -0.05) is 0 Å². The Morgan fingerprint density at radius 3 is 2.91 bits per heavy atom. The minimum Gasteiger partial charge on any atom is -0.370 e. The van der Waals surface area contributed by atoms with E-state index in [0.717, 1.165) is 25.2 Å². The maximum atomic E-state index is 13.0. The molecule has 1 unspecified atom stereocenters. The zero-order valence-corrected chi connectivity index (χ0v) is 12.1. The van der Waals surface area contributed by atoms with Gasteiger partial charge < -0.3 is 10.6 Å². The summed E-state index contributed by atoms with van der Waals surface area (Å²) in [6, 6.07) is 0.967. The molecule has 0 bridgehead atoms. The van der Waals surface area contributed by atoms with Crippen molar-refractivity contribution in [2.45, 2.75) is 25.4 Å². The zero-order chi connectivity index (χ0) is 16.6. The number of aromatic nitrogens is 4. The highest BCUT2D eigenvalue weighted by Gasteiger charge is 2.35. The largest absolute Gasteiger partial charge is 0.433 e. The number of piperidine rings is 1. The van der Waals surface area contributed by atoms with Crippen LogP contribution in [0, 0.1) is 5.92 Å². The third-order valence-corrected chi connectivity index (χ3v) is 3.86. The van der Waals surface area contributed by atoms with E-state index in [2.05, 4.69) is 15.1 Å². The Hall–Kier alpha value is -2.39. The summed E-state index contributed by atoms with van der Waals surface area (Å²) in [5, 5.41) is 3.95. The summed E-state index contributed by atoms with van der Waals surface area (Å²) >= 11 is 0. The van der Waals surface area contributed by atoms with Crippen molar-refractivity contribution in [1.82, 2.24) is 19.6 Å². The van der Waals surface area contributed by atoms with E-state index in [9.17, 15) is 18.0 Å². The first-order valence-corrected chi connectivity index (χ1v) is 7.16. The molecule has 2 N–H and O–H groups in total. The predicted octanol–water partition coefficient (Wildman–Crippen LogP) is 1.23. The monoisotopic (exact) mass is 328 g/mol. The molecule has 7 nitrogen and oxygen atoms in total. The number of alkyl halides is 3. The summed E-state index contributed by atoms with van der Waals surface area (Å²) < 4.78 is 40.3. The van der Waals surface area contributed by atoms with E-state index < -0.39 is 17.8 Å². The Labute approximate surface area is 129 Å². The minimum absolute atomic E-state index is 0.0160. The fraction of sp³-hybridized carbons (Fsp3) is 0.538. The number of carbonyl (C=O) groups excluding carboxylic acids is 1. The number of halogens is 3. The normalized spacial score (nSPS) is 19.3. The molecule has 2 aromatic rings. The van der Waals surface area contributed by atoms with E-state index in [0.29, 0.717) is 13.1 Å². The average Bonchev–Trinajstić information content (AvgIpc) is 2.93. The first-order chi connectivity index (χ1) is 10.8. The predicted molar refractivity (Wildman–Crippen MR) is 74.5 cm³/mol. The molecule has 0 aliphatic carbocycles. The lowest BCUT2D eigenvalue weighted by Crippen LogP contribution is -2.38. The van der Waals surface area contributed by atoms with E-state index in [4.69, 9.17) is 5.73 Å². The molecule has 3 rings (SSSR count). The zero-order valence-electron chi connectivity index (χ0n) is 12.1. The summed E-state index contributed by atoms with van der Waals surface area (Å²) in [6.45, 7) is 1.02. The lowest BCUT2D eigenvalue weighted by atomic mass is 9.94. The van der Waals surface area contributed by atoms with Gasteiger partial charge in [-0.2, -0.15) is 27.8 Å². The van der Waals surface area contributed by atoms with Crippen LogP contribution in [0.3, 0.4) is 0 Å². The summed E-state index contributed by atoms with van der Waals surface area (Å²) in [5.41, 5.74) is 4.21. The molecule has 10 heteroatoms. The highest BCUT2D eigenvalue weighted by Crippen LogP contribution is 2.32. The summed E-state index contributed by atoms with van der Waals surface area (Å²) in [5.74, 6) is -0.225. The van der Waals surface area contributed by atoms with Gasteiger partial charge in [-0.05, 0) is 18.8 Å². The first kappa shape index (κ1) is 15.5. The van der Waals surface area contributed by atoms with Crippen molar-refractivity contribution < 1.29 is 18.0 Å². The van der Waals surface area contributed by atoms with Crippen LogP contribution in [0.15, 0.2) is 12.4 Å². The number of rotatable bonds is 3. The van der Waals surface area contributed by atoms with Crippen LogP contribution in [0.2, 0.25) is 0 Å². The standard InChI is InChI=1S/C13H15F3N6O/c14-13(15,16)9-5-11(22-12(20-9)18-7-19-22)21-3-1-2-8(6-21)4-10(17)23/h5,7-8H,1-4,6H2,(H2,17,23). The lowest BCUT2D eigenvalue weighted by molar-refractivity contribution is -0.141. The molecule has 0 saturated carbocycles. The van der Waals surface area contributed by atoms with Gasteiger partial charge in [-0.15, -0.1) is 0 Å². The molecule has 1 saturated heterocycles. The third-order valence-electron chi connectivity index (χ3n) is 3.86. The Bertz CT molecular complexity index is 728. The number of hydrogen-bond donors (Lipinski definition) is 1. The van der Waals surface area contributed by atoms with Gasteiger partial charge >= 0.3 is 6.18 Å². The second kappa shape index (κ2) is 5.67. The van der Waals surface area contributed by atoms with Gasteiger partial charge in [0.2, 0.25) is 5.91 Å². The molecular formula is C13H15F3N6O. The van der Waals surface area contributed by atoms with Crippen molar-refractivity contribution in [2.75, 3.05) is 18.0 Å². The summed E-state index contributed by atoms with van der Waals surface area (Å²) in [7, 11) is 0. The fourth-order valence-electron chi connectivity index (χ4n) is 2.89. The van der Waals surface area contributed by atoms with Crippen molar-refractivity contribution >= 4 is 17.5 Å². The van der Waals surface area contributed by atoms with Gasteiger partial charge in [0.25, 0.3) is 5.78 Å². The van der Waals surface area contributed by atoms with Gasteiger partial charge in [0, 0.05) is 25.6 Å². The molecule has 2 aromatic heterocycles. The second-order valence-corrected chi connectivity index (χ2v) is 5.59. The molecule has 1 aliphatic heterocycles. The summed E-state index contributed by atoms with van der Waals surface area (Å²) in [4.78, 5) is 20.1. The van der Waals surface area contributed by atoms with Crippen molar-refractivity contribution in [1.29, 1.82) is 0 Å². The summed E-state index contributed by atoms with van der Waals surface area (Å²) in [6.07, 6.45) is -1.61. The van der Waals surface area contributed by atoms with Crippen molar-refractivity contribution in [2.24, 2.45) is 11.7 Å². The SMILES string of the molecule is NC(=O)CC1CCCN(c2cc(C(F)(F)F)nc3ncnn23)C1. The van der Waals surface area contributed by atoms with E-state index in [-0.39, 0.29) is 23.9 Å². The Morgan fingerprint density at radius 1 is 1.43 bits per heavy atom. The topological polar surface area (TPSA) is 89.4 Å². The number of carbonyl (C=O) groups is 1. The van der Waals surface area contributed by atoms with Crippen LogP contribution in [-0.2, 0) is 11.0 Å². The molecule has 3 heterocycles. The van der Waals surface area contributed by atoms with E-state index in [1.165, 1.54) is 4.52 Å². The molecule has 1 atom stereocenters. The molecule has 23 heavy (non-hydrogen) atoms. The number of hydrogen-bond acceptors (Lipinski definition) is 5. The lowest BCUT2D eigenvalue weighted by Gasteiger charge is -2.34. The quantitative estimate of drug-likeness (QED) is 0.915. The van der Waals surface area contributed by atoms with Gasteiger partial charge in [0.05, 0.1) is 0 Å². The van der Waals surface area contributed by atoms with Gasteiger partial charge in [0.15, 0.2) is 5.69 Å². The van der Waals surface area contributed by atoms with Crippen LogP contribution in [-0.4, -0.2) is 38.6 Å². The molecule has 0 spiro atoms. The maximum Gasteiger partial charge on any atom is 0.433 e. The molecule has 1 aliphatic rings. The molecular weight excluding hydrogens is 313 g/mol. The molecule has 124 valence electrons. The van der Waals surface area contributed by atoms with Crippen molar-refractivity contribution in [3.63, 3.8) is 0 Å². The Balaban J connectivity index is 1.97. The van der Waals surface area contributed by atoms with Gasteiger partial charge in [-0.3, -0.25) is 4.79 Å². The molecule has 1 fully saturated rings. The number of primary amides is 1. The van der Waals surface area contributed by atoms with Gasteiger partial charge in [-0.25, -0.2) is 4.98 Å². The van der Waals surface area contributed by atoms with Crippen LogP contribution in [0.5, 0.6) is 0 Å². The molecule has 1 amide bonds. The Morgan fingerprint density at radius 2 is 2.22 bits per heavy atom. The van der Waals surface area contributed by atoms with E-state index in [1.807, 2.05) is 0 Å². The number of fused-ring (bicyclic) bond motifs is 1. The average molecular weight is 328 g/mol. The highest BCUT2D eigenvalue weighted by atomic mass is 19.4. The van der Waals surface area contributed by atoms with Crippen LogP contribution in [0.25, 0.3) is 5.78 Å². The maximum absolute atomic E-state index is 13.0. The second-order valence-electron chi connectivity index (χ2n) is 5.59. The minimum atomic E-state index is -4.56. The van der Waals surface area contributed by atoms with Crippen LogP contribution >= 0.6 is 0 Å². The molecule has 0 radical (unpaired) electrons. The van der Waals surface area contributed by atoms with E-state index >= 15 is 0 Å². The molecule has 0 aromatic carbocycles. The van der Waals surface area contributed by atoms with Crippen LogP contribution in [0.1, 0.15) is 25.0 Å². The van der Waals surface area contributed by atoms with Crippen LogP contribution < -0.4 is 10.6 Å². The van der Waals surface area contributed by atoms with Crippen LogP contribution in [0.4, 0.5) is 19.0 Å².